The number of hydrogen-bond acceptors (Lipinski definition) is 5. The Bertz CT molecular complexity index is 774. The van der Waals surface area contributed by atoms with Crippen LogP contribution in [0.15, 0.2) is 30.5 Å². The Morgan fingerprint density at radius 1 is 1.50 bits per heavy atom. The maximum atomic E-state index is 12.6. The summed E-state index contributed by atoms with van der Waals surface area (Å²) in [6, 6.07) is 3.72. The van der Waals surface area contributed by atoms with Gasteiger partial charge in [-0.2, -0.15) is 0 Å². The third kappa shape index (κ3) is 1.80. The Kier molecular flexibility index (Phi) is 3.10. The number of aliphatic carboxylic acids is 1. The van der Waals surface area contributed by atoms with E-state index < -0.39 is 37.9 Å². The zero-order valence-electron chi connectivity index (χ0n) is 11.7. The second-order valence-corrected chi connectivity index (χ2v) is 8.03. The molecule has 3 atom stereocenters. The molecule has 1 N–H and O–H groups in total. The molecule has 1 aromatic heterocycles. The summed E-state index contributed by atoms with van der Waals surface area (Å²) in [5, 5.41) is 8.37. The lowest BCUT2D eigenvalue weighted by Gasteiger charge is -2.35. The molecule has 0 unspecified atom stereocenters. The van der Waals surface area contributed by atoms with Gasteiger partial charge in [-0.25, -0.2) is 13.2 Å². The van der Waals surface area contributed by atoms with Gasteiger partial charge in [-0.3, -0.25) is 9.78 Å². The molecule has 0 bridgehead atoms. The first-order valence-electron chi connectivity index (χ1n) is 6.67. The van der Waals surface area contributed by atoms with Crippen LogP contribution in [0.4, 0.5) is 0 Å². The van der Waals surface area contributed by atoms with Crippen LogP contribution in [-0.2, 0) is 19.4 Å². The average molecular weight is 322 g/mol. The number of aromatic nitrogens is 1. The molecule has 2 saturated heterocycles. The molecule has 0 saturated carbocycles. The number of β-lactam (4-membered cyclic amide) rings is 1. The highest BCUT2D eigenvalue weighted by atomic mass is 32.2. The van der Waals surface area contributed by atoms with Crippen LogP contribution in [0.1, 0.15) is 19.0 Å². The van der Waals surface area contributed by atoms with Crippen molar-refractivity contribution < 1.29 is 23.1 Å². The number of carbonyl (C=O) groups is 2. The summed E-state index contributed by atoms with van der Waals surface area (Å²) in [6.07, 6.45) is 4.20. The van der Waals surface area contributed by atoms with Crippen molar-refractivity contribution in [1.82, 2.24) is 9.88 Å². The smallest absolute Gasteiger partial charge is 0.328 e. The molecule has 3 heterocycles. The fourth-order valence-corrected chi connectivity index (χ4v) is 5.24. The van der Waals surface area contributed by atoms with Crippen LogP contribution < -0.4 is 0 Å². The number of amides is 1. The lowest BCUT2D eigenvalue weighted by molar-refractivity contribution is -0.157. The first-order valence-corrected chi connectivity index (χ1v) is 8.21. The molecule has 1 aromatic rings. The summed E-state index contributed by atoms with van der Waals surface area (Å²) < 4.78 is 23.6. The Balaban J connectivity index is 2.07. The summed E-state index contributed by atoms with van der Waals surface area (Å²) in [7, 11) is -3.82. The monoisotopic (exact) mass is 322 g/mol. The molecule has 116 valence electrons. The molecule has 0 radical (unpaired) electrons. The van der Waals surface area contributed by atoms with Crippen molar-refractivity contribution in [3.8, 4) is 0 Å². The molecule has 1 amide bonds. The van der Waals surface area contributed by atoms with Gasteiger partial charge in [0.15, 0.2) is 15.9 Å². The summed E-state index contributed by atoms with van der Waals surface area (Å²) in [6.45, 7) is 1.34. The summed E-state index contributed by atoms with van der Waals surface area (Å²) >= 11 is 0. The number of fused-ring (bicyclic) bond motifs is 1. The maximum absolute atomic E-state index is 12.6. The zero-order chi connectivity index (χ0) is 16.1. The number of pyridine rings is 1. The Morgan fingerprint density at radius 2 is 2.23 bits per heavy atom. The Morgan fingerprint density at radius 3 is 2.77 bits per heavy atom. The summed E-state index contributed by atoms with van der Waals surface area (Å²) in [5.41, 5.74) is 0.517. The highest BCUT2D eigenvalue weighted by molar-refractivity contribution is 7.94. The first-order chi connectivity index (χ1) is 10.3. The van der Waals surface area contributed by atoms with Crippen LogP contribution in [0, 0.1) is 0 Å². The van der Waals surface area contributed by atoms with E-state index in [0.29, 0.717) is 5.69 Å². The number of hydrogen-bond donors (Lipinski definition) is 1. The average Bonchev–Trinajstić information content (AvgIpc) is 2.61. The van der Waals surface area contributed by atoms with E-state index in [2.05, 4.69) is 4.98 Å². The van der Waals surface area contributed by atoms with Crippen LogP contribution >= 0.6 is 0 Å². The van der Waals surface area contributed by atoms with Crippen molar-refractivity contribution in [2.24, 2.45) is 0 Å². The number of carbonyl (C=O) groups excluding carboxylic acids is 1. The van der Waals surface area contributed by atoms with E-state index in [4.69, 9.17) is 0 Å². The predicted octanol–water partition coefficient (Wildman–Crippen LogP) is 0.294. The molecule has 7 nitrogen and oxygen atoms in total. The number of carboxylic acid groups (broad SMARTS) is 1. The molecule has 22 heavy (non-hydrogen) atoms. The van der Waals surface area contributed by atoms with E-state index in [-0.39, 0.29) is 6.42 Å². The molecule has 0 aromatic carbocycles. The fourth-order valence-electron chi connectivity index (χ4n) is 2.97. The van der Waals surface area contributed by atoms with Gasteiger partial charge in [0, 0.05) is 6.20 Å². The molecule has 2 aliphatic heterocycles. The topological polar surface area (TPSA) is 105 Å². The van der Waals surface area contributed by atoms with Gasteiger partial charge in [0.05, 0.1) is 12.1 Å². The van der Waals surface area contributed by atoms with Gasteiger partial charge in [0.2, 0.25) is 5.91 Å². The number of nitrogens with zero attached hydrogens (tertiary/aromatic N) is 2. The highest BCUT2D eigenvalue weighted by Crippen LogP contribution is 2.46. The fraction of sp³-hybridized carbons (Fsp3) is 0.357. The Labute approximate surface area is 127 Å². The van der Waals surface area contributed by atoms with Gasteiger partial charge in [-0.1, -0.05) is 12.1 Å². The molecular formula is C14H14N2O5S. The lowest BCUT2D eigenvalue weighted by atomic mass is 9.95. The second-order valence-electron chi connectivity index (χ2n) is 5.52. The van der Waals surface area contributed by atoms with E-state index in [9.17, 15) is 23.1 Å². The van der Waals surface area contributed by atoms with Gasteiger partial charge in [-0.05, 0) is 25.1 Å². The normalized spacial score (nSPS) is 32.8. The molecule has 2 aliphatic rings. The zero-order valence-corrected chi connectivity index (χ0v) is 12.5. The lowest BCUT2D eigenvalue weighted by Crippen LogP contribution is -2.57. The minimum absolute atomic E-state index is 0.154. The Hall–Kier alpha value is -2.22. The highest BCUT2D eigenvalue weighted by Gasteiger charge is 2.68. The van der Waals surface area contributed by atoms with Gasteiger partial charge in [0.1, 0.15) is 10.1 Å². The van der Waals surface area contributed by atoms with Crippen molar-refractivity contribution in [1.29, 1.82) is 0 Å². The molecule has 3 rings (SSSR count). The van der Waals surface area contributed by atoms with Gasteiger partial charge in [-0.15, -0.1) is 0 Å². The molecule has 0 aliphatic carbocycles. The SMILES string of the molecule is C[C@]1(/C=C/c2ccccn2)[C@H](C(=O)O)N2C(=O)C[C@H]2S1(=O)=O. The second kappa shape index (κ2) is 4.64. The predicted molar refractivity (Wildman–Crippen MR) is 77.3 cm³/mol. The van der Waals surface area contributed by atoms with Gasteiger partial charge < -0.3 is 10.0 Å². The third-order valence-electron chi connectivity index (χ3n) is 4.25. The largest absolute Gasteiger partial charge is 0.480 e. The molecule has 0 spiro atoms. The van der Waals surface area contributed by atoms with Crippen LogP contribution in [-0.4, -0.2) is 51.4 Å². The van der Waals surface area contributed by atoms with Crippen molar-refractivity contribution in [2.45, 2.75) is 29.5 Å². The van der Waals surface area contributed by atoms with Crippen molar-refractivity contribution in [3.63, 3.8) is 0 Å². The summed E-state index contributed by atoms with van der Waals surface area (Å²) in [4.78, 5) is 28.2. The minimum Gasteiger partial charge on any atom is -0.480 e. The first kappa shape index (κ1) is 14.7. The summed E-state index contributed by atoms with van der Waals surface area (Å²) in [5.74, 6) is -1.77. The van der Waals surface area contributed by atoms with E-state index in [1.165, 1.54) is 19.1 Å². The number of carboxylic acids is 1. The maximum Gasteiger partial charge on any atom is 0.328 e. The molecule has 8 heteroatoms. The van der Waals surface area contributed by atoms with Gasteiger partial charge in [0.25, 0.3) is 0 Å². The van der Waals surface area contributed by atoms with Crippen molar-refractivity contribution >= 4 is 27.8 Å². The molecular weight excluding hydrogens is 308 g/mol. The van der Waals surface area contributed by atoms with E-state index in [1.54, 1.807) is 24.4 Å². The quantitative estimate of drug-likeness (QED) is 0.802. The van der Waals surface area contributed by atoms with Crippen LogP contribution in [0.25, 0.3) is 6.08 Å². The van der Waals surface area contributed by atoms with Gasteiger partial charge >= 0.3 is 5.97 Å². The van der Waals surface area contributed by atoms with E-state index >= 15 is 0 Å². The van der Waals surface area contributed by atoms with E-state index in [1.807, 2.05) is 0 Å². The van der Waals surface area contributed by atoms with Crippen molar-refractivity contribution in [3.05, 3.63) is 36.2 Å². The molecule has 2 fully saturated rings. The van der Waals surface area contributed by atoms with Crippen LogP contribution in [0.5, 0.6) is 0 Å². The standard InChI is InChI=1S/C14H14N2O5S/c1-14(6-5-9-4-2-3-7-15-9)12(13(18)19)16-10(17)8-11(16)22(14,20)21/h2-7,11-12H,8H2,1H3,(H,18,19)/b6-5+/t11-,12+,14+/m1/s1. The van der Waals surface area contributed by atoms with Crippen LogP contribution in [0.2, 0.25) is 0 Å². The minimum atomic E-state index is -3.82. The van der Waals surface area contributed by atoms with Crippen molar-refractivity contribution in [2.75, 3.05) is 0 Å². The number of sulfone groups is 1. The number of rotatable bonds is 3. The third-order valence-corrected chi connectivity index (χ3v) is 6.94. The van der Waals surface area contributed by atoms with E-state index in [0.717, 1.165) is 4.90 Å². The van der Waals surface area contributed by atoms with Crippen LogP contribution in [0.3, 0.4) is 0 Å².